The number of hydrogen-bond donors (Lipinski definition) is 2. The fourth-order valence-corrected chi connectivity index (χ4v) is 3.19. The molecule has 24 heavy (non-hydrogen) atoms. The minimum atomic E-state index is -4.01. The van der Waals surface area contributed by atoms with Crippen LogP contribution in [0, 0.1) is 12.7 Å². The molecule has 0 heterocycles. The summed E-state index contributed by atoms with van der Waals surface area (Å²) < 4.78 is 40.8. The molecular formula is C17H19FN2O3S. The Kier molecular flexibility index (Phi) is 5.23. The Hall–Kier alpha value is -2.41. The highest BCUT2D eigenvalue weighted by molar-refractivity contribution is 7.92. The van der Waals surface area contributed by atoms with E-state index in [2.05, 4.69) is 10.0 Å². The van der Waals surface area contributed by atoms with Crippen LogP contribution in [-0.4, -0.2) is 20.4 Å². The third-order valence-corrected chi connectivity index (χ3v) is 4.67. The maximum absolute atomic E-state index is 13.7. The predicted octanol–water partition coefficient (Wildman–Crippen LogP) is 3.07. The predicted molar refractivity (Wildman–Crippen MR) is 91.0 cm³/mol. The molecule has 2 N–H and O–H groups in total. The highest BCUT2D eigenvalue weighted by Crippen LogP contribution is 2.21. The summed E-state index contributed by atoms with van der Waals surface area (Å²) in [5.41, 5.74) is 0.768. The molecule has 0 atom stereocenters. The van der Waals surface area contributed by atoms with Crippen molar-refractivity contribution in [2.24, 2.45) is 0 Å². The molecule has 0 saturated carbocycles. The van der Waals surface area contributed by atoms with E-state index >= 15 is 0 Å². The Morgan fingerprint density at radius 2 is 1.79 bits per heavy atom. The number of hydrogen-bond acceptors (Lipinski definition) is 3. The maximum atomic E-state index is 13.7. The van der Waals surface area contributed by atoms with E-state index in [1.54, 1.807) is 13.0 Å². The van der Waals surface area contributed by atoms with Crippen molar-refractivity contribution in [3.05, 3.63) is 59.4 Å². The smallest absolute Gasteiger partial charge is 0.262 e. The van der Waals surface area contributed by atoms with Crippen LogP contribution in [0.15, 0.2) is 47.4 Å². The van der Waals surface area contributed by atoms with Crippen LogP contribution in [0.3, 0.4) is 0 Å². The molecular weight excluding hydrogens is 331 g/mol. The molecule has 0 bridgehead atoms. The zero-order chi connectivity index (χ0) is 17.9. The maximum Gasteiger partial charge on any atom is 0.262 e. The lowest BCUT2D eigenvalue weighted by molar-refractivity contribution is 0.0942. The molecule has 0 unspecified atom stereocenters. The third-order valence-electron chi connectivity index (χ3n) is 3.30. The monoisotopic (exact) mass is 350 g/mol. The van der Waals surface area contributed by atoms with Gasteiger partial charge in [-0.3, -0.25) is 9.52 Å². The molecule has 2 rings (SSSR count). The lowest BCUT2D eigenvalue weighted by atomic mass is 10.1. The molecule has 0 saturated heterocycles. The second kappa shape index (κ2) is 7.00. The zero-order valence-electron chi connectivity index (χ0n) is 13.6. The summed E-state index contributed by atoms with van der Waals surface area (Å²) >= 11 is 0. The van der Waals surface area contributed by atoms with Gasteiger partial charge in [0.25, 0.3) is 15.9 Å². The first kappa shape index (κ1) is 17.9. The van der Waals surface area contributed by atoms with Crippen molar-refractivity contribution in [3.8, 4) is 0 Å². The van der Waals surface area contributed by atoms with Gasteiger partial charge in [0.1, 0.15) is 5.82 Å². The Morgan fingerprint density at radius 1 is 1.12 bits per heavy atom. The number of sulfonamides is 1. The normalized spacial score (nSPS) is 11.4. The Balaban J connectivity index is 2.37. The molecule has 5 nitrogen and oxygen atoms in total. The van der Waals surface area contributed by atoms with Gasteiger partial charge in [0, 0.05) is 11.6 Å². The van der Waals surface area contributed by atoms with Gasteiger partial charge in [-0.15, -0.1) is 0 Å². The number of para-hydroxylation sites is 1. The number of rotatable bonds is 5. The van der Waals surface area contributed by atoms with Gasteiger partial charge >= 0.3 is 0 Å². The summed E-state index contributed by atoms with van der Waals surface area (Å²) in [4.78, 5) is 12.1. The van der Waals surface area contributed by atoms with Gasteiger partial charge in [0.2, 0.25) is 0 Å². The van der Waals surface area contributed by atoms with Gasteiger partial charge in [0.05, 0.1) is 10.6 Å². The molecule has 0 aliphatic carbocycles. The van der Waals surface area contributed by atoms with Gasteiger partial charge in [-0.05, 0) is 50.6 Å². The van der Waals surface area contributed by atoms with Crippen LogP contribution >= 0.6 is 0 Å². The quantitative estimate of drug-likeness (QED) is 0.870. The highest BCUT2D eigenvalue weighted by Gasteiger charge is 2.19. The van der Waals surface area contributed by atoms with Crippen molar-refractivity contribution in [1.29, 1.82) is 0 Å². The molecule has 0 aliphatic rings. The summed E-state index contributed by atoms with van der Waals surface area (Å²) in [5, 5.41) is 2.72. The summed E-state index contributed by atoms with van der Waals surface area (Å²) in [5.74, 6) is -1.03. The minimum Gasteiger partial charge on any atom is -0.350 e. The summed E-state index contributed by atoms with van der Waals surface area (Å²) in [6, 6.07) is 9.62. The van der Waals surface area contributed by atoms with E-state index < -0.39 is 15.8 Å². The Labute approximate surface area is 141 Å². The second-order valence-electron chi connectivity index (χ2n) is 5.69. The molecule has 7 heteroatoms. The molecule has 0 fully saturated rings. The van der Waals surface area contributed by atoms with E-state index in [1.165, 1.54) is 30.3 Å². The SMILES string of the molecule is Cc1ccc(S(=O)(=O)Nc2ccccc2F)cc1C(=O)NC(C)C. The van der Waals surface area contributed by atoms with Crippen LogP contribution in [0.1, 0.15) is 29.8 Å². The van der Waals surface area contributed by atoms with Gasteiger partial charge in [-0.2, -0.15) is 0 Å². The van der Waals surface area contributed by atoms with Crippen LogP contribution < -0.4 is 10.0 Å². The van der Waals surface area contributed by atoms with E-state index in [4.69, 9.17) is 0 Å². The Bertz CT molecular complexity index is 864. The number of halogens is 1. The van der Waals surface area contributed by atoms with Crippen LogP contribution in [-0.2, 0) is 10.0 Å². The fraction of sp³-hybridized carbons (Fsp3) is 0.235. The summed E-state index contributed by atoms with van der Waals surface area (Å²) in [6.07, 6.45) is 0. The topological polar surface area (TPSA) is 75.3 Å². The molecule has 2 aromatic carbocycles. The van der Waals surface area contributed by atoms with E-state index in [0.29, 0.717) is 5.56 Å². The summed E-state index contributed by atoms with van der Waals surface area (Å²) in [7, 11) is -4.01. The average Bonchev–Trinajstić information content (AvgIpc) is 2.49. The number of amides is 1. The number of nitrogens with one attached hydrogen (secondary N) is 2. The number of carbonyl (C=O) groups is 1. The molecule has 0 spiro atoms. The van der Waals surface area contributed by atoms with Crippen molar-refractivity contribution < 1.29 is 17.6 Å². The van der Waals surface area contributed by atoms with Gasteiger partial charge in [0.15, 0.2) is 0 Å². The molecule has 1 amide bonds. The number of anilines is 1. The van der Waals surface area contributed by atoms with E-state index in [-0.39, 0.29) is 28.1 Å². The standard InChI is InChI=1S/C17H19FN2O3S/c1-11(2)19-17(21)14-10-13(9-8-12(14)3)24(22,23)20-16-7-5-4-6-15(16)18/h4-11,20H,1-3H3,(H,19,21). The summed E-state index contributed by atoms with van der Waals surface area (Å²) in [6.45, 7) is 5.34. The van der Waals surface area contributed by atoms with Crippen molar-refractivity contribution in [1.82, 2.24) is 5.32 Å². The van der Waals surface area contributed by atoms with Gasteiger partial charge in [-0.1, -0.05) is 18.2 Å². The highest BCUT2D eigenvalue weighted by atomic mass is 32.2. The molecule has 0 aromatic heterocycles. The first-order chi connectivity index (χ1) is 11.2. The van der Waals surface area contributed by atoms with Crippen LogP contribution in [0.5, 0.6) is 0 Å². The minimum absolute atomic E-state index is 0.0753. The first-order valence-corrected chi connectivity index (χ1v) is 8.88. The average molecular weight is 350 g/mol. The third kappa shape index (κ3) is 4.11. The van der Waals surface area contributed by atoms with Gasteiger partial charge < -0.3 is 5.32 Å². The van der Waals surface area contributed by atoms with Gasteiger partial charge in [-0.25, -0.2) is 12.8 Å². The number of benzene rings is 2. The van der Waals surface area contributed by atoms with E-state index in [0.717, 1.165) is 6.07 Å². The van der Waals surface area contributed by atoms with Crippen LogP contribution in [0.25, 0.3) is 0 Å². The van der Waals surface area contributed by atoms with Crippen molar-refractivity contribution >= 4 is 21.6 Å². The molecule has 128 valence electrons. The van der Waals surface area contributed by atoms with Crippen molar-refractivity contribution in [2.75, 3.05) is 4.72 Å². The Morgan fingerprint density at radius 3 is 2.42 bits per heavy atom. The van der Waals surface area contributed by atoms with Crippen LogP contribution in [0.2, 0.25) is 0 Å². The lowest BCUT2D eigenvalue weighted by Gasteiger charge is -2.13. The fourth-order valence-electron chi connectivity index (χ4n) is 2.10. The molecule has 0 aliphatic heterocycles. The number of aryl methyl sites for hydroxylation is 1. The van der Waals surface area contributed by atoms with Crippen LogP contribution in [0.4, 0.5) is 10.1 Å². The van der Waals surface area contributed by atoms with Crippen molar-refractivity contribution in [2.45, 2.75) is 31.7 Å². The second-order valence-corrected chi connectivity index (χ2v) is 7.37. The van der Waals surface area contributed by atoms with Crippen molar-refractivity contribution in [3.63, 3.8) is 0 Å². The lowest BCUT2D eigenvalue weighted by Crippen LogP contribution is -2.30. The van der Waals surface area contributed by atoms with E-state index in [9.17, 15) is 17.6 Å². The largest absolute Gasteiger partial charge is 0.350 e. The zero-order valence-corrected chi connectivity index (χ0v) is 14.4. The first-order valence-electron chi connectivity index (χ1n) is 7.39. The number of carbonyl (C=O) groups excluding carboxylic acids is 1. The van der Waals surface area contributed by atoms with E-state index in [1.807, 2.05) is 13.8 Å². The molecule has 0 radical (unpaired) electrons. The molecule has 2 aromatic rings.